The molecule has 4 aromatic rings. The number of allylic oxidation sites excluding steroid dienone is 1. The topological polar surface area (TPSA) is 79.1 Å². The minimum Gasteiger partial charge on any atom is -0.491 e. The van der Waals surface area contributed by atoms with Crippen molar-refractivity contribution in [1.82, 2.24) is 4.57 Å². The first kappa shape index (κ1) is 32.7. The number of para-hydroxylation sites is 1. The van der Waals surface area contributed by atoms with E-state index in [1.165, 1.54) is 11.3 Å². The van der Waals surface area contributed by atoms with E-state index in [2.05, 4.69) is 45.2 Å². The maximum absolute atomic E-state index is 14.1. The second-order valence-corrected chi connectivity index (χ2v) is 13.9. The van der Waals surface area contributed by atoms with Crippen LogP contribution in [0.3, 0.4) is 0 Å². The molecule has 0 fully saturated rings. The van der Waals surface area contributed by atoms with Crippen molar-refractivity contribution in [1.29, 1.82) is 0 Å². The standard InChI is InChI=1S/C33H29ClI2N2O5S/c1-5-41-32(40)28-19(4)37-33-38(29(28)22-11-7-9-13-26(22)43-18(2)3)31(39)27(44-33)16-20-14-24(35)30(25(36)15-20)42-17-21-10-6-8-12-23(21)34/h6-16,18,29H,5,17H2,1-4H3/b27-16+/t29-/m0/s1. The fraction of sp³-hybridized carbons (Fsp3) is 0.242. The van der Waals surface area contributed by atoms with Crippen LogP contribution in [-0.4, -0.2) is 23.2 Å². The number of thiazole rings is 1. The summed E-state index contributed by atoms with van der Waals surface area (Å²) in [5.74, 6) is 0.833. The van der Waals surface area contributed by atoms with Crippen molar-refractivity contribution in [2.45, 2.75) is 46.4 Å². The molecule has 7 nitrogen and oxygen atoms in total. The van der Waals surface area contributed by atoms with Crippen molar-refractivity contribution in [3.8, 4) is 11.5 Å². The number of carbonyl (C=O) groups is 1. The van der Waals surface area contributed by atoms with Gasteiger partial charge in [-0.2, -0.15) is 0 Å². The van der Waals surface area contributed by atoms with E-state index in [0.29, 0.717) is 43.5 Å². The largest absolute Gasteiger partial charge is 0.491 e. The molecule has 0 radical (unpaired) electrons. The van der Waals surface area contributed by atoms with Crippen LogP contribution in [0.25, 0.3) is 6.08 Å². The van der Waals surface area contributed by atoms with Gasteiger partial charge in [-0.15, -0.1) is 0 Å². The first-order valence-corrected chi connectivity index (χ1v) is 17.2. The lowest BCUT2D eigenvalue weighted by atomic mass is 9.95. The molecule has 44 heavy (non-hydrogen) atoms. The summed E-state index contributed by atoms with van der Waals surface area (Å²) in [6.07, 6.45) is 1.74. The van der Waals surface area contributed by atoms with Gasteiger partial charge in [0.25, 0.3) is 5.56 Å². The summed E-state index contributed by atoms with van der Waals surface area (Å²) in [6.45, 7) is 7.94. The Morgan fingerprint density at radius 3 is 2.48 bits per heavy atom. The Bertz CT molecular complexity index is 1930. The smallest absolute Gasteiger partial charge is 0.338 e. The van der Waals surface area contributed by atoms with Crippen molar-refractivity contribution in [3.63, 3.8) is 0 Å². The second-order valence-electron chi connectivity index (χ2n) is 10.2. The molecule has 1 atom stereocenters. The number of esters is 1. The molecule has 0 N–H and O–H groups in total. The molecular formula is C33H29ClI2N2O5S. The third-order valence-electron chi connectivity index (χ3n) is 6.74. The highest BCUT2D eigenvalue weighted by Gasteiger charge is 2.35. The van der Waals surface area contributed by atoms with E-state index in [0.717, 1.165) is 24.0 Å². The van der Waals surface area contributed by atoms with E-state index < -0.39 is 12.0 Å². The molecule has 0 bridgehead atoms. The molecule has 0 saturated heterocycles. The summed E-state index contributed by atoms with van der Waals surface area (Å²) in [7, 11) is 0. The number of halogens is 3. The van der Waals surface area contributed by atoms with Gasteiger partial charge in [-0.1, -0.05) is 59.3 Å². The molecule has 0 spiro atoms. The molecule has 228 valence electrons. The van der Waals surface area contributed by atoms with E-state index >= 15 is 0 Å². The summed E-state index contributed by atoms with van der Waals surface area (Å²) >= 11 is 12.1. The Morgan fingerprint density at radius 2 is 1.80 bits per heavy atom. The van der Waals surface area contributed by atoms with Gasteiger partial charge in [0.05, 0.1) is 35.7 Å². The number of ether oxygens (including phenoxy) is 3. The van der Waals surface area contributed by atoms with Crippen molar-refractivity contribution in [2.24, 2.45) is 4.99 Å². The van der Waals surface area contributed by atoms with Crippen molar-refractivity contribution in [3.05, 3.63) is 120 Å². The zero-order valence-electron chi connectivity index (χ0n) is 24.4. The minimum absolute atomic E-state index is 0.107. The maximum Gasteiger partial charge on any atom is 0.338 e. The van der Waals surface area contributed by atoms with Crippen LogP contribution in [0.1, 0.15) is 50.4 Å². The molecule has 0 aliphatic carbocycles. The molecular weight excluding hydrogens is 826 g/mol. The third-order valence-corrected chi connectivity index (χ3v) is 9.70. The number of fused-ring (bicyclic) bond motifs is 1. The summed E-state index contributed by atoms with van der Waals surface area (Å²) in [5.41, 5.74) is 3.00. The van der Waals surface area contributed by atoms with Gasteiger partial charge in [-0.05, 0) is 109 Å². The van der Waals surface area contributed by atoms with Crippen molar-refractivity contribution < 1.29 is 19.0 Å². The quantitative estimate of drug-likeness (QED) is 0.134. The Balaban J connectivity index is 1.59. The van der Waals surface area contributed by atoms with E-state index in [1.807, 2.05) is 80.6 Å². The van der Waals surface area contributed by atoms with Gasteiger partial charge >= 0.3 is 5.97 Å². The number of carbonyl (C=O) groups excluding carboxylic acids is 1. The Hall–Kier alpha value is -2.68. The highest BCUT2D eigenvalue weighted by Crippen LogP contribution is 2.36. The Morgan fingerprint density at radius 1 is 1.11 bits per heavy atom. The van der Waals surface area contributed by atoms with Gasteiger partial charge in [0.1, 0.15) is 24.1 Å². The average molecular weight is 855 g/mol. The number of hydrogen-bond donors (Lipinski definition) is 0. The average Bonchev–Trinajstić information content (AvgIpc) is 3.26. The SMILES string of the molecule is CCOC(=O)C1=C(C)N=c2s/c(=C/c3cc(I)c(OCc4ccccc4Cl)c(I)c3)c(=O)n2[C@H]1c1ccccc1OC(C)C. The highest BCUT2D eigenvalue weighted by atomic mass is 127. The summed E-state index contributed by atoms with van der Waals surface area (Å²) in [6, 6.07) is 18.2. The van der Waals surface area contributed by atoms with Crippen LogP contribution in [0.2, 0.25) is 5.02 Å². The molecule has 1 aliphatic rings. The summed E-state index contributed by atoms with van der Waals surface area (Å²) in [5, 5.41) is 0.655. The molecule has 1 aliphatic heterocycles. The number of rotatable bonds is 9. The predicted molar refractivity (Wildman–Crippen MR) is 190 cm³/mol. The summed E-state index contributed by atoms with van der Waals surface area (Å²) < 4.78 is 21.6. The van der Waals surface area contributed by atoms with Gasteiger partial charge in [-0.25, -0.2) is 9.79 Å². The van der Waals surface area contributed by atoms with Gasteiger partial charge in [0.15, 0.2) is 4.80 Å². The fourth-order valence-corrected chi connectivity index (χ4v) is 8.24. The Kier molecular flexibility index (Phi) is 10.5. The van der Waals surface area contributed by atoms with E-state index in [9.17, 15) is 9.59 Å². The van der Waals surface area contributed by atoms with E-state index in [4.69, 9.17) is 30.8 Å². The number of aromatic nitrogens is 1. The lowest BCUT2D eigenvalue weighted by Gasteiger charge is -2.26. The molecule has 0 unspecified atom stereocenters. The molecule has 11 heteroatoms. The van der Waals surface area contributed by atoms with Crippen LogP contribution in [0.15, 0.2) is 81.7 Å². The zero-order valence-corrected chi connectivity index (χ0v) is 30.3. The van der Waals surface area contributed by atoms with Gasteiger partial charge in [0, 0.05) is 16.1 Å². The van der Waals surface area contributed by atoms with Crippen molar-refractivity contribution >= 4 is 80.2 Å². The minimum atomic E-state index is -0.761. The number of nitrogens with zero attached hydrogens (tertiary/aromatic N) is 2. The highest BCUT2D eigenvalue weighted by molar-refractivity contribution is 14.1. The lowest BCUT2D eigenvalue weighted by molar-refractivity contribution is -0.139. The molecule has 3 aromatic carbocycles. The maximum atomic E-state index is 14.1. The van der Waals surface area contributed by atoms with Crippen LogP contribution in [-0.2, 0) is 16.1 Å². The van der Waals surface area contributed by atoms with Crippen molar-refractivity contribution in [2.75, 3.05) is 6.61 Å². The molecule has 5 rings (SSSR count). The van der Waals surface area contributed by atoms with Crippen LogP contribution >= 0.6 is 68.1 Å². The fourth-order valence-electron chi connectivity index (χ4n) is 4.87. The normalized spacial score (nSPS) is 14.8. The Labute approximate surface area is 291 Å². The monoisotopic (exact) mass is 854 g/mol. The first-order chi connectivity index (χ1) is 21.1. The number of benzene rings is 3. The number of hydrogen-bond acceptors (Lipinski definition) is 7. The van der Waals surface area contributed by atoms with Crippen LogP contribution in [0.5, 0.6) is 11.5 Å². The van der Waals surface area contributed by atoms with E-state index in [1.54, 1.807) is 18.4 Å². The first-order valence-electron chi connectivity index (χ1n) is 13.9. The molecule has 0 amide bonds. The molecule has 2 heterocycles. The van der Waals surface area contributed by atoms with Crippen LogP contribution in [0, 0.1) is 7.14 Å². The second kappa shape index (κ2) is 14.2. The van der Waals surface area contributed by atoms with Crippen LogP contribution < -0.4 is 24.4 Å². The molecule has 1 aromatic heterocycles. The van der Waals surface area contributed by atoms with Gasteiger partial charge in [0.2, 0.25) is 0 Å². The molecule has 0 saturated carbocycles. The van der Waals surface area contributed by atoms with Gasteiger partial charge < -0.3 is 14.2 Å². The van der Waals surface area contributed by atoms with Gasteiger partial charge in [-0.3, -0.25) is 9.36 Å². The van der Waals surface area contributed by atoms with Crippen LogP contribution in [0.4, 0.5) is 0 Å². The zero-order chi connectivity index (χ0) is 31.5. The predicted octanol–water partition coefficient (Wildman–Crippen LogP) is 7.03. The summed E-state index contributed by atoms with van der Waals surface area (Å²) in [4.78, 5) is 32.6. The third kappa shape index (κ3) is 6.92. The lowest BCUT2D eigenvalue weighted by Crippen LogP contribution is -2.40. The van der Waals surface area contributed by atoms with E-state index in [-0.39, 0.29) is 18.3 Å².